The van der Waals surface area contributed by atoms with Crippen molar-refractivity contribution in [2.75, 3.05) is 11.1 Å². The number of urea groups is 1. The maximum atomic E-state index is 12.2. The van der Waals surface area contributed by atoms with Gasteiger partial charge in [-0.1, -0.05) is 0 Å². The van der Waals surface area contributed by atoms with E-state index in [4.69, 9.17) is 5.73 Å². The summed E-state index contributed by atoms with van der Waals surface area (Å²) in [6.07, 6.45) is 6.98. The molecule has 2 atom stereocenters. The number of carbonyl (C=O) groups excluding carboxylic acids is 1. The number of nitrogen functional groups attached to an aromatic ring is 1. The van der Waals surface area contributed by atoms with Gasteiger partial charge in [0.15, 0.2) is 0 Å². The number of carbonyl (C=O) groups is 1. The molecule has 2 unspecified atom stereocenters. The van der Waals surface area contributed by atoms with E-state index in [-0.39, 0.29) is 12.1 Å². The van der Waals surface area contributed by atoms with E-state index < -0.39 is 6.10 Å². The van der Waals surface area contributed by atoms with Gasteiger partial charge in [-0.2, -0.15) is 0 Å². The average Bonchev–Trinajstić information content (AvgIpc) is 3.06. The Morgan fingerprint density at radius 1 is 1.29 bits per heavy atom. The van der Waals surface area contributed by atoms with Crippen LogP contribution in [0.3, 0.4) is 0 Å². The first-order chi connectivity index (χ1) is 13.5. The molecule has 1 fully saturated rings. The minimum Gasteiger partial charge on any atom is -0.391 e. The van der Waals surface area contributed by atoms with E-state index in [0.717, 1.165) is 29.4 Å². The number of nitrogens with two attached hydrogens (primary N) is 1. The normalized spacial score (nSPS) is 18.9. The molecule has 3 aromatic rings. The van der Waals surface area contributed by atoms with Crippen molar-refractivity contribution in [3.05, 3.63) is 42.4 Å². The Balaban J connectivity index is 1.61. The molecular formula is C20H22N6O2. The number of anilines is 2. The van der Waals surface area contributed by atoms with Crippen molar-refractivity contribution in [2.45, 2.75) is 38.3 Å². The third kappa shape index (κ3) is 3.59. The second-order valence-corrected chi connectivity index (χ2v) is 7.08. The van der Waals surface area contributed by atoms with Crippen LogP contribution in [0.5, 0.6) is 0 Å². The molecule has 1 aliphatic rings. The number of aliphatic hydroxyl groups is 1. The number of nitrogens with one attached hydrogen (secondary N) is 2. The van der Waals surface area contributed by atoms with Crippen LogP contribution in [0.2, 0.25) is 0 Å². The SMILES string of the molecule is Cc1ccncc1-c1cc2cc(NC(=O)NC3CCCC3O)ncc2c(N)n1. The number of fused-ring (bicyclic) bond motifs is 1. The van der Waals surface area contributed by atoms with Crippen LogP contribution in [0.1, 0.15) is 24.8 Å². The summed E-state index contributed by atoms with van der Waals surface area (Å²) >= 11 is 0. The van der Waals surface area contributed by atoms with E-state index in [9.17, 15) is 9.90 Å². The van der Waals surface area contributed by atoms with Gasteiger partial charge in [0.2, 0.25) is 0 Å². The lowest BCUT2D eigenvalue weighted by Crippen LogP contribution is -2.42. The molecule has 8 heteroatoms. The minimum atomic E-state index is -0.494. The molecule has 8 nitrogen and oxygen atoms in total. The highest BCUT2D eigenvalue weighted by molar-refractivity contribution is 5.97. The van der Waals surface area contributed by atoms with Crippen molar-refractivity contribution in [1.29, 1.82) is 0 Å². The summed E-state index contributed by atoms with van der Waals surface area (Å²) < 4.78 is 0. The van der Waals surface area contributed by atoms with Gasteiger partial charge in [-0.15, -0.1) is 0 Å². The smallest absolute Gasteiger partial charge is 0.320 e. The Morgan fingerprint density at radius 2 is 2.14 bits per heavy atom. The fourth-order valence-electron chi connectivity index (χ4n) is 3.54. The number of hydrogen-bond acceptors (Lipinski definition) is 6. The fraction of sp³-hybridized carbons (Fsp3) is 0.300. The minimum absolute atomic E-state index is 0.222. The van der Waals surface area contributed by atoms with Crippen molar-refractivity contribution >= 4 is 28.4 Å². The second-order valence-electron chi connectivity index (χ2n) is 7.08. The first-order valence-electron chi connectivity index (χ1n) is 9.24. The molecular weight excluding hydrogens is 356 g/mol. The van der Waals surface area contributed by atoms with Gasteiger partial charge in [-0.25, -0.2) is 14.8 Å². The molecule has 0 bridgehead atoms. The zero-order valence-corrected chi connectivity index (χ0v) is 15.5. The van der Waals surface area contributed by atoms with Crippen molar-refractivity contribution in [3.8, 4) is 11.3 Å². The Labute approximate surface area is 162 Å². The number of nitrogens with zero attached hydrogens (tertiary/aromatic N) is 3. The van der Waals surface area contributed by atoms with Crippen molar-refractivity contribution in [3.63, 3.8) is 0 Å². The molecule has 28 heavy (non-hydrogen) atoms. The molecule has 1 saturated carbocycles. The zero-order chi connectivity index (χ0) is 19.7. The van der Waals surface area contributed by atoms with Crippen molar-refractivity contribution in [2.24, 2.45) is 0 Å². The molecule has 0 radical (unpaired) electrons. The molecule has 0 aromatic carbocycles. The molecule has 0 saturated heterocycles. The third-order valence-corrected chi connectivity index (χ3v) is 5.10. The molecule has 0 aliphatic heterocycles. The first-order valence-corrected chi connectivity index (χ1v) is 9.24. The third-order valence-electron chi connectivity index (χ3n) is 5.10. The molecule has 3 heterocycles. The van der Waals surface area contributed by atoms with E-state index in [0.29, 0.717) is 29.1 Å². The molecule has 1 aliphatic carbocycles. The van der Waals surface area contributed by atoms with E-state index >= 15 is 0 Å². The van der Waals surface area contributed by atoms with Crippen LogP contribution in [-0.2, 0) is 0 Å². The van der Waals surface area contributed by atoms with Crippen LogP contribution in [-0.4, -0.2) is 38.2 Å². The van der Waals surface area contributed by atoms with E-state index in [1.807, 2.05) is 19.1 Å². The summed E-state index contributed by atoms with van der Waals surface area (Å²) in [5.74, 6) is 0.769. The number of aryl methyl sites for hydroxylation is 1. The van der Waals surface area contributed by atoms with E-state index in [2.05, 4.69) is 25.6 Å². The lowest BCUT2D eigenvalue weighted by atomic mass is 10.1. The largest absolute Gasteiger partial charge is 0.391 e. The van der Waals surface area contributed by atoms with Crippen molar-refractivity contribution in [1.82, 2.24) is 20.3 Å². The summed E-state index contributed by atoms with van der Waals surface area (Å²) in [7, 11) is 0. The monoisotopic (exact) mass is 378 g/mol. The molecule has 2 amide bonds. The summed E-state index contributed by atoms with van der Waals surface area (Å²) in [4.78, 5) is 25.1. The predicted octanol–water partition coefficient (Wildman–Crippen LogP) is 2.62. The van der Waals surface area contributed by atoms with Crippen LogP contribution in [0.25, 0.3) is 22.0 Å². The lowest BCUT2D eigenvalue weighted by Gasteiger charge is -2.16. The van der Waals surface area contributed by atoms with Crippen LogP contribution in [0.15, 0.2) is 36.8 Å². The Hall–Kier alpha value is -3.26. The number of aromatic nitrogens is 3. The number of hydrogen-bond donors (Lipinski definition) is 4. The van der Waals surface area contributed by atoms with Crippen LogP contribution >= 0.6 is 0 Å². The second kappa shape index (κ2) is 7.40. The summed E-state index contributed by atoms with van der Waals surface area (Å²) in [6.45, 7) is 1.99. The molecule has 0 spiro atoms. The maximum Gasteiger partial charge on any atom is 0.320 e. The number of aliphatic hydroxyl groups excluding tert-OH is 1. The van der Waals surface area contributed by atoms with Crippen LogP contribution < -0.4 is 16.4 Å². The number of rotatable bonds is 3. The van der Waals surface area contributed by atoms with Gasteiger partial charge >= 0.3 is 6.03 Å². The lowest BCUT2D eigenvalue weighted by molar-refractivity contribution is 0.151. The summed E-state index contributed by atoms with van der Waals surface area (Å²) in [5, 5.41) is 16.9. The highest BCUT2D eigenvalue weighted by Gasteiger charge is 2.26. The van der Waals surface area contributed by atoms with Gasteiger partial charge in [0, 0.05) is 29.5 Å². The molecule has 3 aromatic heterocycles. The van der Waals surface area contributed by atoms with Gasteiger partial charge in [0.25, 0.3) is 0 Å². The van der Waals surface area contributed by atoms with Gasteiger partial charge in [0.05, 0.1) is 17.8 Å². The predicted molar refractivity (Wildman–Crippen MR) is 108 cm³/mol. The average molecular weight is 378 g/mol. The first kappa shape index (κ1) is 18.1. The molecule has 144 valence electrons. The van der Waals surface area contributed by atoms with Gasteiger partial charge < -0.3 is 16.2 Å². The van der Waals surface area contributed by atoms with Gasteiger partial charge in [0.1, 0.15) is 11.6 Å². The zero-order valence-electron chi connectivity index (χ0n) is 15.5. The Bertz CT molecular complexity index is 1040. The summed E-state index contributed by atoms with van der Waals surface area (Å²) in [5.41, 5.74) is 8.78. The topological polar surface area (TPSA) is 126 Å². The van der Waals surface area contributed by atoms with Crippen molar-refractivity contribution < 1.29 is 9.90 Å². The maximum absolute atomic E-state index is 12.2. The summed E-state index contributed by atoms with van der Waals surface area (Å²) in [6, 6.07) is 4.97. The van der Waals surface area contributed by atoms with E-state index in [1.165, 1.54) is 0 Å². The van der Waals surface area contributed by atoms with E-state index in [1.54, 1.807) is 24.7 Å². The molecule has 4 rings (SSSR count). The van der Waals surface area contributed by atoms with Gasteiger partial charge in [-0.3, -0.25) is 10.3 Å². The standard InChI is InChI=1S/C20H22N6O2/c1-11-5-6-22-9-13(11)16-7-12-8-18(23-10-14(12)19(21)24-16)26-20(28)25-15-3-2-4-17(15)27/h5-10,15,17,27H,2-4H2,1H3,(H2,21,24)(H2,23,25,26,28). The van der Waals surface area contributed by atoms with Crippen LogP contribution in [0.4, 0.5) is 16.4 Å². The quantitative estimate of drug-likeness (QED) is 0.555. The van der Waals surface area contributed by atoms with Gasteiger partial charge in [-0.05, 0) is 55.3 Å². The Morgan fingerprint density at radius 3 is 2.89 bits per heavy atom. The number of pyridine rings is 3. The fourth-order valence-corrected chi connectivity index (χ4v) is 3.54. The highest BCUT2D eigenvalue weighted by atomic mass is 16.3. The Kier molecular flexibility index (Phi) is 4.79. The highest BCUT2D eigenvalue weighted by Crippen LogP contribution is 2.28. The molecule has 5 N–H and O–H groups in total. The number of amides is 2. The van der Waals surface area contributed by atoms with Crippen LogP contribution in [0, 0.1) is 6.92 Å².